The molecular formula is C24H24FN3O4. The predicted molar refractivity (Wildman–Crippen MR) is 117 cm³/mol. The zero-order chi connectivity index (χ0) is 22.5. The molecule has 4 rings (SSSR count). The molecule has 3 aromatic rings. The number of anilines is 1. The van der Waals surface area contributed by atoms with E-state index in [-0.39, 0.29) is 24.7 Å². The fraction of sp³-hybridized carbons (Fsp3) is 0.292. The van der Waals surface area contributed by atoms with E-state index >= 15 is 0 Å². The lowest BCUT2D eigenvalue weighted by molar-refractivity contribution is -0.116. The lowest BCUT2D eigenvalue weighted by Crippen LogP contribution is -2.41. The van der Waals surface area contributed by atoms with Gasteiger partial charge in [-0.25, -0.2) is 9.37 Å². The van der Waals surface area contributed by atoms with Gasteiger partial charge in [0.15, 0.2) is 11.7 Å². The molecule has 1 aliphatic heterocycles. The van der Waals surface area contributed by atoms with Crippen molar-refractivity contribution >= 4 is 17.5 Å². The van der Waals surface area contributed by atoms with Crippen molar-refractivity contribution in [1.29, 1.82) is 0 Å². The highest BCUT2D eigenvalue weighted by molar-refractivity contribution is 5.99. The van der Waals surface area contributed by atoms with Gasteiger partial charge in [-0.1, -0.05) is 18.2 Å². The van der Waals surface area contributed by atoms with Crippen LogP contribution in [0, 0.1) is 12.7 Å². The van der Waals surface area contributed by atoms with Crippen molar-refractivity contribution in [2.24, 2.45) is 0 Å². The third-order valence-electron chi connectivity index (χ3n) is 5.40. The Balaban J connectivity index is 1.37. The molecule has 2 amide bonds. The summed E-state index contributed by atoms with van der Waals surface area (Å²) in [6.07, 6.45) is 1.86. The van der Waals surface area contributed by atoms with Crippen LogP contribution in [0.15, 0.2) is 53.1 Å². The molecule has 1 aliphatic rings. The van der Waals surface area contributed by atoms with Crippen LogP contribution in [0.3, 0.4) is 0 Å². The molecular weight excluding hydrogens is 413 g/mol. The Kier molecular flexibility index (Phi) is 6.61. The van der Waals surface area contributed by atoms with Crippen LogP contribution in [0.4, 0.5) is 10.1 Å². The number of amides is 2. The fourth-order valence-corrected chi connectivity index (χ4v) is 3.58. The van der Waals surface area contributed by atoms with Gasteiger partial charge in [-0.15, -0.1) is 0 Å². The Morgan fingerprint density at radius 3 is 2.69 bits per heavy atom. The number of aromatic nitrogens is 1. The Morgan fingerprint density at radius 2 is 1.91 bits per heavy atom. The number of oxazole rings is 1. The number of benzene rings is 2. The van der Waals surface area contributed by atoms with Crippen LogP contribution in [-0.2, 0) is 16.0 Å². The van der Waals surface area contributed by atoms with Gasteiger partial charge < -0.3 is 19.4 Å². The van der Waals surface area contributed by atoms with E-state index in [4.69, 9.17) is 9.15 Å². The largest absolute Gasteiger partial charge is 0.441 e. The smallest absolute Gasteiger partial charge is 0.254 e. The molecule has 0 radical (unpaired) electrons. The third kappa shape index (κ3) is 4.86. The summed E-state index contributed by atoms with van der Waals surface area (Å²) < 4.78 is 24.8. The minimum absolute atomic E-state index is 0.0673. The van der Waals surface area contributed by atoms with Crippen LogP contribution in [0.25, 0.3) is 11.3 Å². The highest BCUT2D eigenvalue weighted by atomic mass is 19.1. The first-order valence-corrected chi connectivity index (χ1v) is 10.5. The molecule has 8 heteroatoms. The molecule has 0 atom stereocenters. The van der Waals surface area contributed by atoms with Gasteiger partial charge in [-0.05, 0) is 36.8 Å². The second-order valence-electron chi connectivity index (χ2n) is 7.53. The summed E-state index contributed by atoms with van der Waals surface area (Å²) in [7, 11) is 0. The summed E-state index contributed by atoms with van der Waals surface area (Å²) in [6, 6.07) is 11.6. The fourth-order valence-electron chi connectivity index (χ4n) is 3.58. The van der Waals surface area contributed by atoms with Gasteiger partial charge in [0, 0.05) is 37.2 Å². The number of halogens is 1. The Bertz CT molecular complexity index is 1120. The topological polar surface area (TPSA) is 84.7 Å². The van der Waals surface area contributed by atoms with Gasteiger partial charge in [0.2, 0.25) is 5.91 Å². The van der Waals surface area contributed by atoms with Crippen LogP contribution in [0.1, 0.15) is 28.2 Å². The number of hydrogen-bond acceptors (Lipinski definition) is 5. The number of carbonyl (C=O) groups is 2. The Hall–Kier alpha value is -3.52. The first-order valence-electron chi connectivity index (χ1n) is 10.5. The van der Waals surface area contributed by atoms with Crippen LogP contribution in [0.2, 0.25) is 0 Å². The van der Waals surface area contributed by atoms with Crippen LogP contribution < -0.4 is 5.32 Å². The summed E-state index contributed by atoms with van der Waals surface area (Å²) in [5.41, 5.74) is 2.20. The lowest BCUT2D eigenvalue weighted by atomic mass is 10.0. The Labute approximate surface area is 185 Å². The summed E-state index contributed by atoms with van der Waals surface area (Å²) in [4.78, 5) is 31.2. The molecule has 0 aliphatic carbocycles. The van der Waals surface area contributed by atoms with E-state index < -0.39 is 5.82 Å². The van der Waals surface area contributed by atoms with E-state index in [1.54, 1.807) is 41.3 Å². The van der Waals surface area contributed by atoms with Gasteiger partial charge in [0.05, 0.1) is 25.0 Å². The maximum atomic E-state index is 13.9. The van der Waals surface area contributed by atoms with E-state index in [0.29, 0.717) is 54.8 Å². The van der Waals surface area contributed by atoms with Gasteiger partial charge in [-0.3, -0.25) is 9.59 Å². The highest BCUT2D eigenvalue weighted by Crippen LogP contribution is 2.24. The monoisotopic (exact) mass is 437 g/mol. The van der Waals surface area contributed by atoms with E-state index in [1.807, 2.05) is 6.92 Å². The minimum atomic E-state index is -0.394. The Morgan fingerprint density at radius 1 is 1.12 bits per heavy atom. The number of nitrogens with zero attached hydrogens (tertiary/aromatic N) is 2. The molecule has 0 saturated carbocycles. The van der Waals surface area contributed by atoms with Crippen LogP contribution >= 0.6 is 0 Å². The summed E-state index contributed by atoms with van der Waals surface area (Å²) in [5, 5.41) is 2.86. The molecule has 1 N–H and O–H groups in total. The van der Waals surface area contributed by atoms with Crippen molar-refractivity contribution in [2.75, 3.05) is 31.6 Å². The maximum absolute atomic E-state index is 13.9. The summed E-state index contributed by atoms with van der Waals surface area (Å²) in [5.74, 6) is -0.0120. The standard InChI is InChI=1S/C24H24FN3O4/c1-16-17(24(30)28-11-13-31-14-12-28)6-4-8-20(16)27-22(29)9-10-23-26-15-21(32-23)18-5-2-3-7-19(18)25/h2-8,15H,9-14H2,1H3,(H,27,29). The molecule has 1 fully saturated rings. The van der Waals surface area contributed by atoms with E-state index in [1.165, 1.54) is 12.3 Å². The zero-order valence-electron chi connectivity index (χ0n) is 17.8. The van der Waals surface area contributed by atoms with Crippen LogP contribution in [-0.4, -0.2) is 48.0 Å². The molecule has 1 aromatic heterocycles. The van der Waals surface area contributed by atoms with E-state index in [0.717, 1.165) is 5.56 Å². The number of hydrogen-bond donors (Lipinski definition) is 1. The van der Waals surface area contributed by atoms with E-state index in [2.05, 4.69) is 10.3 Å². The molecule has 7 nitrogen and oxygen atoms in total. The second-order valence-corrected chi connectivity index (χ2v) is 7.53. The zero-order valence-corrected chi connectivity index (χ0v) is 17.8. The van der Waals surface area contributed by atoms with Crippen LogP contribution in [0.5, 0.6) is 0 Å². The molecule has 0 spiro atoms. The normalized spacial score (nSPS) is 13.8. The van der Waals surface area contributed by atoms with Gasteiger partial charge in [0.25, 0.3) is 5.91 Å². The second kappa shape index (κ2) is 9.74. The highest BCUT2D eigenvalue weighted by Gasteiger charge is 2.21. The molecule has 1 saturated heterocycles. The quantitative estimate of drug-likeness (QED) is 0.634. The van der Waals surface area contributed by atoms with Gasteiger partial charge >= 0.3 is 0 Å². The predicted octanol–water partition coefficient (Wildman–Crippen LogP) is 3.83. The number of morpholine rings is 1. The van der Waals surface area contributed by atoms with Crippen molar-refractivity contribution in [3.8, 4) is 11.3 Å². The number of aryl methyl sites for hydroxylation is 1. The summed E-state index contributed by atoms with van der Waals surface area (Å²) >= 11 is 0. The number of nitrogens with one attached hydrogen (secondary N) is 1. The van der Waals surface area contributed by atoms with Crippen molar-refractivity contribution in [2.45, 2.75) is 19.8 Å². The lowest BCUT2D eigenvalue weighted by Gasteiger charge is -2.27. The number of rotatable bonds is 6. The first kappa shape index (κ1) is 21.7. The number of ether oxygens (including phenoxy) is 1. The van der Waals surface area contributed by atoms with Crippen molar-refractivity contribution in [3.05, 3.63) is 71.5 Å². The molecule has 0 bridgehead atoms. The molecule has 32 heavy (non-hydrogen) atoms. The molecule has 0 unspecified atom stereocenters. The molecule has 2 heterocycles. The van der Waals surface area contributed by atoms with Gasteiger partial charge in [-0.2, -0.15) is 0 Å². The average molecular weight is 437 g/mol. The average Bonchev–Trinajstić information content (AvgIpc) is 3.28. The van der Waals surface area contributed by atoms with E-state index in [9.17, 15) is 14.0 Å². The SMILES string of the molecule is Cc1c(NC(=O)CCc2ncc(-c3ccccc3F)o2)cccc1C(=O)N1CCOCC1. The first-order chi connectivity index (χ1) is 15.5. The molecule has 166 valence electrons. The molecule has 2 aromatic carbocycles. The minimum Gasteiger partial charge on any atom is -0.441 e. The summed E-state index contributed by atoms with van der Waals surface area (Å²) in [6.45, 7) is 3.99. The van der Waals surface area contributed by atoms with Crippen molar-refractivity contribution in [3.63, 3.8) is 0 Å². The van der Waals surface area contributed by atoms with Gasteiger partial charge in [0.1, 0.15) is 5.82 Å². The maximum Gasteiger partial charge on any atom is 0.254 e. The van der Waals surface area contributed by atoms with Crippen molar-refractivity contribution in [1.82, 2.24) is 9.88 Å². The van der Waals surface area contributed by atoms with Crippen molar-refractivity contribution < 1.29 is 23.1 Å². The third-order valence-corrected chi connectivity index (χ3v) is 5.40. The number of carbonyl (C=O) groups excluding carboxylic acids is 2.